The van der Waals surface area contributed by atoms with Crippen LogP contribution in [-0.2, 0) is 17.6 Å². The van der Waals surface area contributed by atoms with E-state index in [4.69, 9.17) is 4.74 Å². The summed E-state index contributed by atoms with van der Waals surface area (Å²) in [5.74, 6) is -1.01. The van der Waals surface area contributed by atoms with Crippen molar-refractivity contribution in [1.29, 1.82) is 0 Å². The normalized spacial score (nSPS) is 10.4. The molecule has 0 saturated heterocycles. The van der Waals surface area contributed by atoms with Crippen molar-refractivity contribution in [2.75, 3.05) is 7.11 Å². The van der Waals surface area contributed by atoms with Gasteiger partial charge in [0.15, 0.2) is 5.78 Å². The fourth-order valence-electron chi connectivity index (χ4n) is 1.95. The monoisotopic (exact) mass is 306 g/mol. The molecule has 0 radical (unpaired) electrons. The fraction of sp³-hybridized carbons (Fsp3) is 0.250. The van der Waals surface area contributed by atoms with Crippen LogP contribution in [0, 0.1) is 5.82 Å². The Balaban J connectivity index is 2.27. The number of carbonyl (C=O) groups is 2. The van der Waals surface area contributed by atoms with Crippen LogP contribution in [-0.4, -0.2) is 18.9 Å². The maximum absolute atomic E-state index is 12.9. The molecule has 2 rings (SSSR count). The summed E-state index contributed by atoms with van der Waals surface area (Å²) in [5.41, 5.74) is 1.02. The number of ketones is 1. The Labute approximate surface area is 126 Å². The Bertz CT molecular complexity index is 659. The van der Waals surface area contributed by atoms with Crippen LogP contribution >= 0.6 is 11.3 Å². The number of Topliss-reactive ketones (excluding diaryl/α,β-unsaturated/α-hetero) is 1. The summed E-state index contributed by atoms with van der Waals surface area (Å²) in [6.45, 7) is 1.96. The second-order valence-corrected chi connectivity index (χ2v) is 5.66. The molecule has 0 aliphatic carbocycles. The van der Waals surface area contributed by atoms with E-state index < -0.39 is 5.97 Å². The highest BCUT2D eigenvalue weighted by Gasteiger charge is 2.21. The zero-order valence-electron chi connectivity index (χ0n) is 11.8. The van der Waals surface area contributed by atoms with E-state index in [1.807, 2.05) is 6.92 Å². The Hall–Kier alpha value is -2.01. The minimum atomic E-state index is -0.506. The van der Waals surface area contributed by atoms with Gasteiger partial charge in [-0.3, -0.25) is 4.79 Å². The number of esters is 1. The second kappa shape index (κ2) is 6.63. The number of thiophene rings is 1. The Kier molecular flexibility index (Phi) is 4.85. The molecule has 0 saturated carbocycles. The number of rotatable bonds is 5. The fourth-order valence-corrected chi connectivity index (χ4v) is 2.97. The lowest BCUT2D eigenvalue weighted by molar-refractivity contribution is 0.0598. The Morgan fingerprint density at radius 1 is 1.24 bits per heavy atom. The van der Waals surface area contributed by atoms with Crippen LogP contribution in [0.3, 0.4) is 0 Å². The van der Waals surface area contributed by atoms with E-state index in [9.17, 15) is 14.0 Å². The van der Waals surface area contributed by atoms with Gasteiger partial charge in [0.1, 0.15) is 5.82 Å². The predicted molar refractivity (Wildman–Crippen MR) is 79.5 cm³/mol. The molecule has 0 N–H and O–H groups in total. The van der Waals surface area contributed by atoms with Gasteiger partial charge in [0.25, 0.3) is 0 Å². The SMILES string of the molecule is CCc1cc(C(=O)OC)c(C(=O)Cc2ccc(F)cc2)s1. The molecular formula is C16H15FO3S. The number of aryl methyl sites for hydroxylation is 1. The van der Waals surface area contributed by atoms with Gasteiger partial charge >= 0.3 is 5.97 Å². The standard InChI is InChI=1S/C16H15FO3S/c1-3-12-9-13(16(19)20-2)15(21-12)14(18)8-10-4-6-11(17)7-5-10/h4-7,9H,3,8H2,1-2H3. The Morgan fingerprint density at radius 2 is 1.90 bits per heavy atom. The van der Waals surface area contributed by atoms with E-state index in [-0.39, 0.29) is 18.0 Å². The molecule has 110 valence electrons. The molecule has 3 nitrogen and oxygen atoms in total. The van der Waals surface area contributed by atoms with Gasteiger partial charge in [-0.15, -0.1) is 11.3 Å². The van der Waals surface area contributed by atoms with Crippen LogP contribution in [0.4, 0.5) is 4.39 Å². The van der Waals surface area contributed by atoms with Crippen molar-refractivity contribution in [2.24, 2.45) is 0 Å². The van der Waals surface area contributed by atoms with E-state index in [0.29, 0.717) is 16.0 Å². The van der Waals surface area contributed by atoms with Gasteiger partial charge < -0.3 is 4.74 Å². The summed E-state index contributed by atoms with van der Waals surface area (Å²) in [7, 11) is 1.29. The molecule has 0 amide bonds. The summed E-state index contributed by atoms with van der Waals surface area (Å²) in [6, 6.07) is 7.47. The van der Waals surface area contributed by atoms with Crippen molar-refractivity contribution in [2.45, 2.75) is 19.8 Å². The molecule has 0 unspecified atom stereocenters. The molecular weight excluding hydrogens is 291 g/mol. The van der Waals surface area contributed by atoms with Crippen LogP contribution in [0.2, 0.25) is 0 Å². The number of carbonyl (C=O) groups excluding carboxylic acids is 2. The minimum absolute atomic E-state index is 0.133. The van der Waals surface area contributed by atoms with Crippen LogP contribution in [0.1, 0.15) is 37.4 Å². The predicted octanol–water partition coefficient (Wildman–Crippen LogP) is 3.66. The first-order chi connectivity index (χ1) is 10.0. The highest BCUT2D eigenvalue weighted by Crippen LogP contribution is 2.25. The lowest BCUT2D eigenvalue weighted by atomic mass is 10.1. The maximum Gasteiger partial charge on any atom is 0.339 e. The van der Waals surface area contributed by atoms with Crippen LogP contribution in [0.15, 0.2) is 30.3 Å². The highest BCUT2D eigenvalue weighted by atomic mass is 32.1. The Morgan fingerprint density at radius 3 is 2.48 bits per heavy atom. The van der Waals surface area contributed by atoms with Crippen molar-refractivity contribution in [3.8, 4) is 0 Å². The molecule has 0 bridgehead atoms. The second-order valence-electron chi connectivity index (χ2n) is 4.53. The number of benzene rings is 1. The van der Waals surface area contributed by atoms with Crippen LogP contribution in [0.25, 0.3) is 0 Å². The number of hydrogen-bond acceptors (Lipinski definition) is 4. The van der Waals surface area contributed by atoms with Gasteiger partial charge in [0.05, 0.1) is 17.6 Å². The third-order valence-corrected chi connectivity index (χ3v) is 4.39. The largest absolute Gasteiger partial charge is 0.465 e. The van der Waals surface area contributed by atoms with E-state index >= 15 is 0 Å². The minimum Gasteiger partial charge on any atom is -0.465 e. The molecule has 2 aromatic rings. The van der Waals surface area contributed by atoms with E-state index in [2.05, 4.69) is 0 Å². The summed E-state index contributed by atoms with van der Waals surface area (Å²) in [4.78, 5) is 25.5. The number of ether oxygens (including phenoxy) is 1. The van der Waals surface area contributed by atoms with Crippen molar-refractivity contribution >= 4 is 23.1 Å². The molecule has 21 heavy (non-hydrogen) atoms. The lowest BCUT2D eigenvalue weighted by Crippen LogP contribution is -2.09. The maximum atomic E-state index is 12.9. The molecule has 1 aromatic carbocycles. The van der Waals surface area contributed by atoms with Gasteiger partial charge in [-0.25, -0.2) is 9.18 Å². The smallest absolute Gasteiger partial charge is 0.339 e. The lowest BCUT2D eigenvalue weighted by Gasteiger charge is -2.02. The molecule has 0 fully saturated rings. The number of halogens is 1. The first kappa shape index (κ1) is 15.4. The zero-order chi connectivity index (χ0) is 15.4. The molecule has 1 aromatic heterocycles. The summed E-state index contributed by atoms with van der Waals surface area (Å²) in [5, 5.41) is 0. The average molecular weight is 306 g/mol. The topological polar surface area (TPSA) is 43.4 Å². The number of hydrogen-bond donors (Lipinski definition) is 0. The van der Waals surface area contributed by atoms with Crippen molar-refractivity contribution in [3.05, 3.63) is 57.0 Å². The third-order valence-electron chi connectivity index (χ3n) is 3.07. The summed E-state index contributed by atoms with van der Waals surface area (Å²) >= 11 is 1.31. The van der Waals surface area contributed by atoms with Crippen molar-refractivity contribution in [1.82, 2.24) is 0 Å². The van der Waals surface area contributed by atoms with E-state index in [0.717, 1.165) is 11.3 Å². The molecule has 0 aliphatic rings. The van der Waals surface area contributed by atoms with E-state index in [1.54, 1.807) is 18.2 Å². The van der Waals surface area contributed by atoms with Crippen molar-refractivity contribution < 1.29 is 18.7 Å². The summed E-state index contributed by atoms with van der Waals surface area (Å²) < 4.78 is 17.6. The van der Waals surface area contributed by atoms with Crippen LogP contribution < -0.4 is 0 Å². The molecule has 0 atom stereocenters. The first-order valence-corrected chi connectivity index (χ1v) is 7.35. The van der Waals surface area contributed by atoms with Gasteiger partial charge in [0.2, 0.25) is 0 Å². The third kappa shape index (κ3) is 3.55. The van der Waals surface area contributed by atoms with Gasteiger partial charge in [-0.05, 0) is 30.2 Å². The molecule has 0 aliphatic heterocycles. The zero-order valence-corrected chi connectivity index (χ0v) is 12.6. The molecule has 5 heteroatoms. The highest BCUT2D eigenvalue weighted by molar-refractivity contribution is 7.14. The van der Waals surface area contributed by atoms with E-state index in [1.165, 1.54) is 30.6 Å². The average Bonchev–Trinajstić information content (AvgIpc) is 2.93. The van der Waals surface area contributed by atoms with Gasteiger partial charge in [-0.2, -0.15) is 0 Å². The van der Waals surface area contributed by atoms with Crippen LogP contribution in [0.5, 0.6) is 0 Å². The van der Waals surface area contributed by atoms with Gasteiger partial charge in [0, 0.05) is 11.3 Å². The first-order valence-electron chi connectivity index (χ1n) is 6.53. The van der Waals surface area contributed by atoms with Gasteiger partial charge in [-0.1, -0.05) is 19.1 Å². The van der Waals surface area contributed by atoms with Crippen molar-refractivity contribution in [3.63, 3.8) is 0 Å². The molecule has 0 spiro atoms. The summed E-state index contributed by atoms with van der Waals surface area (Å²) in [6.07, 6.45) is 0.881. The quantitative estimate of drug-likeness (QED) is 0.625. The number of methoxy groups -OCH3 is 1. The molecule has 1 heterocycles.